The number of H-pyrrole nitrogens is 1. The minimum atomic E-state index is -3.80. The second-order valence-electron chi connectivity index (χ2n) is 4.99. The molecule has 0 spiro atoms. The molecule has 0 aliphatic heterocycles. The molecule has 0 radical (unpaired) electrons. The van der Waals surface area contributed by atoms with Gasteiger partial charge in [0, 0.05) is 17.1 Å². The van der Waals surface area contributed by atoms with Crippen LogP contribution in [0.4, 0.5) is 4.39 Å². The van der Waals surface area contributed by atoms with Crippen LogP contribution in [0.1, 0.15) is 5.56 Å². The maximum absolute atomic E-state index is 13.4. The average Bonchev–Trinajstić information content (AvgIpc) is 2.93. The molecule has 0 aliphatic carbocycles. The number of aromatic amines is 1. The van der Waals surface area contributed by atoms with Crippen molar-refractivity contribution in [3.63, 3.8) is 0 Å². The van der Waals surface area contributed by atoms with E-state index in [9.17, 15) is 12.8 Å². The Morgan fingerprint density at radius 3 is 2.64 bits per heavy atom. The number of benzene rings is 2. The molecule has 3 N–H and O–H groups in total. The smallest absolute Gasteiger partial charge is 0.208 e. The Balaban J connectivity index is 2.26. The van der Waals surface area contributed by atoms with Crippen molar-refractivity contribution in [2.75, 3.05) is 6.54 Å². The van der Waals surface area contributed by atoms with E-state index in [1.165, 1.54) is 24.4 Å². The fraction of sp³-hybridized carbons (Fsp3) is 0.125. The zero-order valence-electron chi connectivity index (χ0n) is 11.7. The fourth-order valence-electron chi connectivity index (χ4n) is 2.56. The monoisotopic (exact) mass is 318 g/mol. The van der Waals surface area contributed by atoms with Gasteiger partial charge in [-0.2, -0.15) is 0 Å². The summed E-state index contributed by atoms with van der Waals surface area (Å²) in [7, 11) is -3.80. The molecule has 4 nitrogen and oxygen atoms in total. The lowest BCUT2D eigenvalue weighted by Gasteiger charge is -2.07. The molecular weight excluding hydrogens is 303 g/mol. The van der Waals surface area contributed by atoms with Crippen LogP contribution in [0.2, 0.25) is 0 Å². The second-order valence-corrected chi connectivity index (χ2v) is 6.91. The number of nitrogens with one attached hydrogen (secondary N) is 1. The summed E-state index contributed by atoms with van der Waals surface area (Å²) in [5.41, 5.74) is 7.18. The minimum absolute atomic E-state index is 0.0593. The topological polar surface area (TPSA) is 76.0 Å². The highest BCUT2D eigenvalue weighted by Crippen LogP contribution is 2.31. The third-order valence-electron chi connectivity index (χ3n) is 3.57. The number of aromatic nitrogens is 1. The lowest BCUT2D eigenvalue weighted by Crippen LogP contribution is -2.05. The first-order valence-corrected chi connectivity index (χ1v) is 8.32. The van der Waals surface area contributed by atoms with E-state index in [2.05, 4.69) is 4.98 Å². The van der Waals surface area contributed by atoms with Crippen molar-refractivity contribution in [1.29, 1.82) is 0 Å². The van der Waals surface area contributed by atoms with Gasteiger partial charge in [0.2, 0.25) is 9.84 Å². The Bertz CT molecular complexity index is 932. The Kier molecular flexibility index (Phi) is 3.72. The van der Waals surface area contributed by atoms with Crippen LogP contribution in [0.5, 0.6) is 0 Å². The van der Waals surface area contributed by atoms with Gasteiger partial charge in [-0.3, -0.25) is 0 Å². The predicted octanol–water partition coefficient (Wildman–Crippen LogP) is 2.64. The molecule has 3 aromatic rings. The van der Waals surface area contributed by atoms with E-state index >= 15 is 0 Å². The van der Waals surface area contributed by atoms with Crippen LogP contribution in [0.15, 0.2) is 58.5 Å². The normalized spacial score (nSPS) is 11.9. The maximum atomic E-state index is 13.4. The lowest BCUT2D eigenvalue weighted by atomic mass is 10.1. The summed E-state index contributed by atoms with van der Waals surface area (Å²) in [6.07, 6.45) is 2.02. The molecule has 0 saturated heterocycles. The number of rotatable bonds is 4. The van der Waals surface area contributed by atoms with Gasteiger partial charge in [0.15, 0.2) is 0 Å². The molecule has 0 saturated carbocycles. The number of hydrogen-bond acceptors (Lipinski definition) is 3. The van der Waals surface area contributed by atoms with Gasteiger partial charge in [0.25, 0.3) is 0 Å². The van der Waals surface area contributed by atoms with E-state index < -0.39 is 15.7 Å². The Morgan fingerprint density at radius 1 is 1.14 bits per heavy atom. The van der Waals surface area contributed by atoms with Crippen molar-refractivity contribution < 1.29 is 12.8 Å². The molecule has 0 aliphatic rings. The highest BCUT2D eigenvalue weighted by molar-refractivity contribution is 7.91. The van der Waals surface area contributed by atoms with Gasteiger partial charge in [-0.25, -0.2) is 12.8 Å². The molecule has 0 bridgehead atoms. The van der Waals surface area contributed by atoms with Gasteiger partial charge in [0.1, 0.15) is 5.82 Å². The highest BCUT2D eigenvalue weighted by atomic mass is 32.2. The number of sulfone groups is 1. The molecule has 0 unspecified atom stereocenters. The first kappa shape index (κ1) is 14.7. The van der Waals surface area contributed by atoms with Crippen LogP contribution in [0.25, 0.3) is 10.9 Å². The van der Waals surface area contributed by atoms with Gasteiger partial charge in [-0.05, 0) is 42.8 Å². The number of nitrogens with two attached hydrogens (primary N) is 1. The molecule has 2 aromatic carbocycles. The SMILES string of the molecule is NCCc1cccc2[nH]cc(S(=O)(=O)c3cccc(F)c3)c12. The standard InChI is InChI=1S/C16H15FN2O2S/c17-12-4-2-5-13(9-12)22(20,21)15-10-19-14-6-1-3-11(7-8-18)16(14)15/h1-6,9-10,19H,7-8,18H2. The van der Waals surface area contributed by atoms with Crippen LogP contribution in [0.3, 0.4) is 0 Å². The molecule has 0 atom stereocenters. The Hall–Kier alpha value is -2.18. The molecule has 22 heavy (non-hydrogen) atoms. The Morgan fingerprint density at radius 2 is 1.91 bits per heavy atom. The van der Waals surface area contributed by atoms with Crippen molar-refractivity contribution in [1.82, 2.24) is 4.98 Å². The molecule has 1 heterocycles. The van der Waals surface area contributed by atoms with E-state index in [-0.39, 0.29) is 9.79 Å². The van der Waals surface area contributed by atoms with Crippen molar-refractivity contribution in [3.8, 4) is 0 Å². The highest BCUT2D eigenvalue weighted by Gasteiger charge is 2.23. The van der Waals surface area contributed by atoms with E-state index in [0.29, 0.717) is 18.4 Å². The van der Waals surface area contributed by atoms with E-state index in [0.717, 1.165) is 17.1 Å². The summed E-state index contributed by atoms with van der Waals surface area (Å²) < 4.78 is 39.0. The van der Waals surface area contributed by atoms with E-state index in [4.69, 9.17) is 5.73 Å². The van der Waals surface area contributed by atoms with Gasteiger partial charge in [-0.1, -0.05) is 18.2 Å². The molecule has 114 valence electrons. The number of hydrogen-bond donors (Lipinski definition) is 2. The molecule has 0 amide bonds. The molecule has 3 rings (SSSR count). The van der Waals surface area contributed by atoms with Crippen molar-refractivity contribution in [3.05, 3.63) is 60.0 Å². The number of halogens is 1. The minimum Gasteiger partial charge on any atom is -0.360 e. The number of fused-ring (bicyclic) bond motifs is 1. The third kappa shape index (κ3) is 2.40. The third-order valence-corrected chi connectivity index (χ3v) is 5.34. The van der Waals surface area contributed by atoms with Crippen molar-refractivity contribution >= 4 is 20.7 Å². The Labute approximate surface area is 127 Å². The zero-order chi connectivity index (χ0) is 15.7. The average molecular weight is 318 g/mol. The van der Waals surface area contributed by atoms with Crippen molar-refractivity contribution in [2.45, 2.75) is 16.2 Å². The summed E-state index contributed by atoms with van der Waals surface area (Å²) in [6.45, 7) is 0.420. The summed E-state index contributed by atoms with van der Waals surface area (Å²) in [5, 5.41) is 0.622. The van der Waals surface area contributed by atoms with Gasteiger partial charge in [0.05, 0.1) is 9.79 Å². The van der Waals surface area contributed by atoms with Crippen LogP contribution in [0, 0.1) is 5.82 Å². The molecule has 6 heteroatoms. The molecule has 1 aromatic heterocycles. The van der Waals surface area contributed by atoms with Gasteiger partial charge < -0.3 is 10.7 Å². The molecule has 0 fully saturated rings. The van der Waals surface area contributed by atoms with Crippen LogP contribution >= 0.6 is 0 Å². The maximum Gasteiger partial charge on any atom is 0.208 e. The van der Waals surface area contributed by atoms with E-state index in [1.54, 1.807) is 6.07 Å². The zero-order valence-corrected chi connectivity index (χ0v) is 12.5. The van der Waals surface area contributed by atoms with E-state index in [1.807, 2.05) is 12.1 Å². The fourth-order valence-corrected chi connectivity index (χ4v) is 4.07. The predicted molar refractivity (Wildman–Crippen MR) is 82.9 cm³/mol. The largest absolute Gasteiger partial charge is 0.360 e. The molecular formula is C16H15FN2O2S. The van der Waals surface area contributed by atoms with Crippen LogP contribution in [-0.4, -0.2) is 19.9 Å². The van der Waals surface area contributed by atoms with Crippen molar-refractivity contribution in [2.24, 2.45) is 5.73 Å². The first-order valence-electron chi connectivity index (χ1n) is 6.84. The lowest BCUT2D eigenvalue weighted by molar-refractivity contribution is 0.591. The van der Waals surface area contributed by atoms with Gasteiger partial charge >= 0.3 is 0 Å². The second kappa shape index (κ2) is 5.55. The van der Waals surface area contributed by atoms with Crippen LogP contribution in [-0.2, 0) is 16.3 Å². The first-order chi connectivity index (χ1) is 10.5. The summed E-state index contributed by atoms with van der Waals surface area (Å²) in [4.78, 5) is 3.05. The van der Waals surface area contributed by atoms with Gasteiger partial charge in [-0.15, -0.1) is 0 Å². The van der Waals surface area contributed by atoms with Crippen LogP contribution < -0.4 is 5.73 Å². The summed E-state index contributed by atoms with van der Waals surface area (Å²) in [6, 6.07) is 10.5. The summed E-state index contributed by atoms with van der Waals surface area (Å²) in [5.74, 6) is -0.580. The quantitative estimate of drug-likeness (QED) is 0.776. The summed E-state index contributed by atoms with van der Waals surface area (Å²) >= 11 is 0.